The lowest BCUT2D eigenvalue weighted by molar-refractivity contribution is -0.121. The van der Waals surface area contributed by atoms with E-state index in [0.717, 1.165) is 12.8 Å². The van der Waals surface area contributed by atoms with Gasteiger partial charge in [-0.2, -0.15) is 8.78 Å². The highest BCUT2D eigenvalue weighted by atomic mass is 19.3. The highest BCUT2D eigenvalue weighted by Gasteiger charge is 2.17. The van der Waals surface area contributed by atoms with E-state index < -0.39 is 6.61 Å². The van der Waals surface area contributed by atoms with Crippen molar-refractivity contribution in [2.75, 3.05) is 20.2 Å². The van der Waals surface area contributed by atoms with E-state index in [0.29, 0.717) is 31.1 Å². The summed E-state index contributed by atoms with van der Waals surface area (Å²) in [6.45, 7) is -0.227. The zero-order valence-corrected chi connectivity index (χ0v) is 17.7. The zero-order valence-electron chi connectivity index (χ0n) is 17.7. The third-order valence-electron chi connectivity index (χ3n) is 4.85. The number of amides is 1. The van der Waals surface area contributed by atoms with Gasteiger partial charge in [-0.15, -0.1) is 0 Å². The number of benzene rings is 1. The van der Waals surface area contributed by atoms with Crippen LogP contribution in [0.1, 0.15) is 51.0 Å². The summed E-state index contributed by atoms with van der Waals surface area (Å²) in [6, 6.07) is 5.27. The highest BCUT2D eigenvalue weighted by molar-refractivity contribution is 5.81. The molecule has 0 bridgehead atoms. The second-order valence-corrected chi connectivity index (χ2v) is 7.06. The van der Waals surface area contributed by atoms with E-state index in [-0.39, 0.29) is 30.0 Å². The Balaban J connectivity index is 1.83. The molecule has 0 atom stereocenters. The summed E-state index contributed by atoms with van der Waals surface area (Å²) >= 11 is 0. The third kappa shape index (κ3) is 8.04. The van der Waals surface area contributed by atoms with Crippen LogP contribution in [0, 0.1) is 0 Å². The standard InChI is InChI=1S/C21H32F2N4O3/c1-3-29-17-11-7-8-15(19(17)30-20(22)23)14-26-21(24-2)25-13-12-18(28)27-16-9-5-4-6-10-16/h7-8,11,16,20H,3-6,9-10,12-14H2,1-2H3,(H,27,28)(H2,24,25,26). The minimum Gasteiger partial charge on any atom is -0.490 e. The first-order valence-corrected chi connectivity index (χ1v) is 10.5. The molecule has 0 unspecified atom stereocenters. The number of halogens is 2. The van der Waals surface area contributed by atoms with Gasteiger partial charge in [-0.3, -0.25) is 9.79 Å². The topological polar surface area (TPSA) is 84.0 Å². The molecule has 3 N–H and O–H groups in total. The Bertz CT molecular complexity index is 695. The largest absolute Gasteiger partial charge is 0.490 e. The molecule has 30 heavy (non-hydrogen) atoms. The van der Waals surface area contributed by atoms with Crippen molar-refractivity contribution in [1.29, 1.82) is 0 Å². The molecule has 1 aromatic rings. The molecule has 1 fully saturated rings. The normalized spacial score (nSPS) is 15.0. The van der Waals surface area contributed by atoms with Crippen LogP contribution in [-0.2, 0) is 11.3 Å². The summed E-state index contributed by atoms with van der Waals surface area (Å²) in [5.41, 5.74) is 0.513. The number of ether oxygens (including phenoxy) is 2. The van der Waals surface area contributed by atoms with Gasteiger partial charge < -0.3 is 25.4 Å². The zero-order chi connectivity index (χ0) is 21.8. The van der Waals surface area contributed by atoms with E-state index in [2.05, 4.69) is 25.7 Å². The van der Waals surface area contributed by atoms with Gasteiger partial charge in [-0.1, -0.05) is 31.4 Å². The highest BCUT2D eigenvalue weighted by Crippen LogP contribution is 2.32. The van der Waals surface area contributed by atoms with Crippen molar-refractivity contribution >= 4 is 11.9 Å². The van der Waals surface area contributed by atoms with Crippen molar-refractivity contribution in [3.63, 3.8) is 0 Å². The Labute approximate surface area is 176 Å². The fraction of sp³-hybridized carbons (Fsp3) is 0.619. The number of para-hydroxylation sites is 1. The summed E-state index contributed by atoms with van der Waals surface area (Å²) in [5.74, 6) is 0.746. The van der Waals surface area contributed by atoms with E-state index in [4.69, 9.17) is 4.74 Å². The summed E-state index contributed by atoms with van der Waals surface area (Å²) in [7, 11) is 1.60. The second-order valence-electron chi connectivity index (χ2n) is 7.06. The average molecular weight is 427 g/mol. The van der Waals surface area contributed by atoms with Gasteiger partial charge in [0.15, 0.2) is 17.5 Å². The molecule has 0 radical (unpaired) electrons. The predicted molar refractivity (Wildman–Crippen MR) is 112 cm³/mol. The van der Waals surface area contributed by atoms with Gasteiger partial charge in [0, 0.05) is 38.2 Å². The summed E-state index contributed by atoms with van der Waals surface area (Å²) in [5, 5.41) is 9.19. The second kappa shape index (κ2) is 12.9. The van der Waals surface area contributed by atoms with Crippen molar-refractivity contribution < 1.29 is 23.0 Å². The number of hydrogen-bond acceptors (Lipinski definition) is 4. The van der Waals surface area contributed by atoms with E-state index >= 15 is 0 Å². The number of hydrogen-bond donors (Lipinski definition) is 3. The molecule has 0 heterocycles. The molecule has 7 nitrogen and oxygen atoms in total. The van der Waals surface area contributed by atoms with Crippen LogP contribution in [0.3, 0.4) is 0 Å². The molecule has 0 spiro atoms. The third-order valence-corrected chi connectivity index (χ3v) is 4.85. The van der Waals surface area contributed by atoms with Crippen molar-refractivity contribution in [3.05, 3.63) is 23.8 Å². The van der Waals surface area contributed by atoms with Crippen LogP contribution in [-0.4, -0.2) is 44.7 Å². The van der Waals surface area contributed by atoms with Crippen LogP contribution in [0.15, 0.2) is 23.2 Å². The number of carbonyl (C=O) groups is 1. The van der Waals surface area contributed by atoms with Gasteiger partial charge in [-0.25, -0.2) is 0 Å². The fourth-order valence-electron chi connectivity index (χ4n) is 3.43. The molecule has 0 aliphatic heterocycles. The van der Waals surface area contributed by atoms with E-state index in [1.807, 2.05) is 0 Å². The molecule has 2 rings (SSSR count). The van der Waals surface area contributed by atoms with Crippen LogP contribution >= 0.6 is 0 Å². The molecule has 0 saturated heterocycles. The number of guanidine groups is 1. The minimum absolute atomic E-state index is 0.00385. The molecule has 1 aromatic carbocycles. The Morgan fingerprint density at radius 2 is 2.00 bits per heavy atom. The number of nitrogens with one attached hydrogen (secondary N) is 3. The molecule has 168 valence electrons. The first-order chi connectivity index (χ1) is 14.5. The smallest absolute Gasteiger partial charge is 0.387 e. The molecule has 1 amide bonds. The number of nitrogens with zero attached hydrogens (tertiary/aromatic N) is 1. The first kappa shape index (κ1) is 23.7. The van der Waals surface area contributed by atoms with Gasteiger partial charge >= 0.3 is 6.61 Å². The summed E-state index contributed by atoms with van der Waals surface area (Å²) in [6.07, 6.45) is 6.01. The summed E-state index contributed by atoms with van der Waals surface area (Å²) in [4.78, 5) is 16.2. The fourth-order valence-corrected chi connectivity index (χ4v) is 3.43. The molecule has 9 heteroatoms. The van der Waals surface area contributed by atoms with Crippen LogP contribution in [0.5, 0.6) is 11.5 Å². The van der Waals surface area contributed by atoms with Gasteiger partial charge in [-0.05, 0) is 25.8 Å². The van der Waals surface area contributed by atoms with Crippen molar-refractivity contribution in [2.45, 2.75) is 64.6 Å². The number of aliphatic imine (C=N–C) groups is 1. The lowest BCUT2D eigenvalue weighted by Gasteiger charge is -2.22. The Hall–Kier alpha value is -2.58. The Kier molecular flexibility index (Phi) is 10.2. The average Bonchev–Trinajstić information content (AvgIpc) is 2.73. The molecule has 0 aromatic heterocycles. The van der Waals surface area contributed by atoms with Crippen LogP contribution in [0.4, 0.5) is 8.78 Å². The van der Waals surface area contributed by atoms with Crippen molar-refractivity contribution in [3.8, 4) is 11.5 Å². The quantitative estimate of drug-likeness (QED) is 0.395. The van der Waals surface area contributed by atoms with Gasteiger partial charge in [0.05, 0.1) is 6.61 Å². The van der Waals surface area contributed by atoms with Gasteiger partial charge in [0.1, 0.15) is 0 Å². The number of carbonyl (C=O) groups excluding carboxylic acids is 1. The van der Waals surface area contributed by atoms with E-state index in [9.17, 15) is 13.6 Å². The monoisotopic (exact) mass is 426 g/mol. The summed E-state index contributed by atoms with van der Waals surface area (Å²) < 4.78 is 35.7. The minimum atomic E-state index is -2.95. The molecule has 1 saturated carbocycles. The van der Waals surface area contributed by atoms with E-state index in [1.54, 1.807) is 32.2 Å². The maximum absolute atomic E-state index is 12.8. The lowest BCUT2D eigenvalue weighted by Crippen LogP contribution is -2.41. The Morgan fingerprint density at radius 1 is 1.23 bits per heavy atom. The van der Waals surface area contributed by atoms with Crippen molar-refractivity contribution in [2.24, 2.45) is 4.99 Å². The van der Waals surface area contributed by atoms with E-state index in [1.165, 1.54) is 19.3 Å². The molecule has 1 aliphatic rings. The predicted octanol–water partition coefficient (Wildman–Crippen LogP) is 3.19. The first-order valence-electron chi connectivity index (χ1n) is 10.5. The van der Waals surface area contributed by atoms with Crippen LogP contribution in [0.25, 0.3) is 0 Å². The lowest BCUT2D eigenvalue weighted by atomic mass is 9.95. The van der Waals surface area contributed by atoms with Gasteiger partial charge in [0.25, 0.3) is 0 Å². The van der Waals surface area contributed by atoms with Crippen LogP contribution in [0.2, 0.25) is 0 Å². The maximum atomic E-state index is 12.8. The molecular formula is C21H32F2N4O3. The van der Waals surface area contributed by atoms with Gasteiger partial charge in [0.2, 0.25) is 5.91 Å². The maximum Gasteiger partial charge on any atom is 0.387 e. The molecular weight excluding hydrogens is 394 g/mol. The SMILES string of the molecule is CCOc1cccc(CNC(=NC)NCCC(=O)NC2CCCCC2)c1OC(F)F. The molecule has 1 aliphatic carbocycles. The number of rotatable bonds is 10. The number of alkyl halides is 2. The van der Waals surface area contributed by atoms with Crippen LogP contribution < -0.4 is 25.4 Å². The Morgan fingerprint density at radius 3 is 2.67 bits per heavy atom. The van der Waals surface area contributed by atoms with Crippen molar-refractivity contribution in [1.82, 2.24) is 16.0 Å².